The van der Waals surface area contributed by atoms with Gasteiger partial charge in [-0.25, -0.2) is 0 Å². The molecule has 2 rings (SSSR count). The lowest BCUT2D eigenvalue weighted by atomic mass is 9.94. The average Bonchev–Trinajstić information content (AvgIpc) is 2.41. The van der Waals surface area contributed by atoms with Crippen LogP contribution < -0.4 is 0 Å². The number of amides is 1. The fourth-order valence-corrected chi connectivity index (χ4v) is 3.71. The van der Waals surface area contributed by atoms with E-state index < -0.39 is 0 Å². The van der Waals surface area contributed by atoms with Crippen LogP contribution in [-0.4, -0.2) is 28.7 Å². The van der Waals surface area contributed by atoms with Crippen LogP contribution >= 0.6 is 27.5 Å². The molecule has 1 fully saturated rings. The summed E-state index contributed by atoms with van der Waals surface area (Å²) in [7, 11) is 1.89. The molecule has 2 unspecified atom stereocenters. The zero-order valence-corrected chi connectivity index (χ0v) is 13.7. The second-order valence-corrected chi connectivity index (χ2v) is 6.83. The van der Waals surface area contributed by atoms with Gasteiger partial charge in [-0.2, -0.15) is 0 Å². The summed E-state index contributed by atoms with van der Waals surface area (Å²) < 4.78 is 0. The van der Waals surface area contributed by atoms with Gasteiger partial charge in [0.2, 0.25) is 0 Å². The zero-order chi connectivity index (χ0) is 14.0. The Morgan fingerprint density at radius 3 is 2.68 bits per heavy atom. The molecule has 4 heteroatoms. The molecule has 0 heterocycles. The number of aryl methyl sites for hydroxylation is 1. The number of hydrogen-bond donors (Lipinski definition) is 0. The van der Waals surface area contributed by atoms with E-state index in [4.69, 9.17) is 11.6 Å². The lowest BCUT2D eigenvalue weighted by Gasteiger charge is -2.35. The molecule has 0 N–H and O–H groups in total. The van der Waals surface area contributed by atoms with Crippen LogP contribution in [0.3, 0.4) is 0 Å². The number of alkyl halides is 1. The number of nitrogens with zero attached hydrogens (tertiary/aromatic N) is 1. The SMILES string of the molecule is Cc1ccc(C(=O)N(C)C2CCCCC2Br)cc1Cl. The number of hydrogen-bond acceptors (Lipinski definition) is 1. The van der Waals surface area contributed by atoms with E-state index in [9.17, 15) is 4.79 Å². The summed E-state index contributed by atoms with van der Waals surface area (Å²) in [4.78, 5) is 14.8. The predicted molar refractivity (Wildman–Crippen MR) is 83.3 cm³/mol. The number of rotatable bonds is 2. The Morgan fingerprint density at radius 1 is 1.37 bits per heavy atom. The van der Waals surface area contributed by atoms with Crippen molar-refractivity contribution in [3.8, 4) is 0 Å². The van der Waals surface area contributed by atoms with Crippen LogP contribution in [0.15, 0.2) is 18.2 Å². The van der Waals surface area contributed by atoms with E-state index in [2.05, 4.69) is 15.9 Å². The monoisotopic (exact) mass is 343 g/mol. The molecule has 2 nitrogen and oxygen atoms in total. The van der Waals surface area contributed by atoms with Gasteiger partial charge in [-0.1, -0.05) is 46.4 Å². The minimum atomic E-state index is 0.0539. The van der Waals surface area contributed by atoms with Crippen molar-refractivity contribution in [2.75, 3.05) is 7.05 Å². The van der Waals surface area contributed by atoms with Crippen LogP contribution in [-0.2, 0) is 0 Å². The van der Waals surface area contributed by atoms with Crippen LogP contribution in [0.4, 0.5) is 0 Å². The van der Waals surface area contributed by atoms with Crippen molar-refractivity contribution >= 4 is 33.4 Å². The van der Waals surface area contributed by atoms with Crippen LogP contribution in [0, 0.1) is 6.92 Å². The van der Waals surface area contributed by atoms with E-state index in [1.165, 1.54) is 12.8 Å². The van der Waals surface area contributed by atoms with Gasteiger partial charge in [-0.05, 0) is 37.5 Å². The Labute approximate surface area is 128 Å². The number of carbonyl (C=O) groups is 1. The second-order valence-electron chi connectivity index (χ2n) is 5.25. The topological polar surface area (TPSA) is 20.3 Å². The Hall–Kier alpha value is -0.540. The van der Waals surface area contributed by atoms with Gasteiger partial charge in [-0.3, -0.25) is 4.79 Å². The Bertz CT molecular complexity index is 477. The van der Waals surface area contributed by atoms with Gasteiger partial charge in [0, 0.05) is 28.5 Å². The maximum atomic E-state index is 12.5. The summed E-state index contributed by atoms with van der Waals surface area (Å²) in [5.41, 5.74) is 1.67. The molecular formula is C15H19BrClNO. The third-order valence-electron chi connectivity index (χ3n) is 3.88. The number of halogens is 2. The van der Waals surface area contributed by atoms with Crippen LogP contribution in [0.2, 0.25) is 5.02 Å². The van der Waals surface area contributed by atoms with E-state index in [-0.39, 0.29) is 11.9 Å². The van der Waals surface area contributed by atoms with Gasteiger partial charge in [0.25, 0.3) is 5.91 Å². The van der Waals surface area contributed by atoms with Gasteiger partial charge in [0.1, 0.15) is 0 Å². The molecule has 1 saturated carbocycles. The van der Waals surface area contributed by atoms with E-state index in [1.807, 2.05) is 31.0 Å². The molecule has 1 amide bonds. The molecule has 1 aliphatic rings. The van der Waals surface area contributed by atoms with E-state index in [1.54, 1.807) is 6.07 Å². The summed E-state index contributed by atoms with van der Waals surface area (Å²) in [5.74, 6) is 0.0539. The molecule has 0 radical (unpaired) electrons. The maximum absolute atomic E-state index is 12.5. The molecule has 0 spiro atoms. The van der Waals surface area contributed by atoms with E-state index in [0.717, 1.165) is 18.4 Å². The van der Waals surface area contributed by atoms with Crippen LogP contribution in [0.5, 0.6) is 0 Å². The number of carbonyl (C=O) groups excluding carboxylic acids is 1. The standard InChI is InChI=1S/C15H19BrClNO/c1-10-7-8-11(9-13(10)17)15(19)18(2)14-6-4-3-5-12(14)16/h7-9,12,14H,3-6H2,1-2H3. The first-order chi connectivity index (χ1) is 9.00. The fraction of sp³-hybridized carbons (Fsp3) is 0.533. The van der Waals surface area contributed by atoms with Crippen molar-refractivity contribution in [3.05, 3.63) is 34.3 Å². The molecule has 0 saturated heterocycles. The van der Waals surface area contributed by atoms with Gasteiger partial charge in [0.05, 0.1) is 0 Å². The number of benzene rings is 1. The quantitative estimate of drug-likeness (QED) is 0.727. The Balaban J connectivity index is 2.15. The third kappa shape index (κ3) is 3.32. The summed E-state index contributed by atoms with van der Waals surface area (Å²) in [6.07, 6.45) is 4.64. The molecule has 104 valence electrons. The zero-order valence-electron chi connectivity index (χ0n) is 11.3. The molecule has 2 atom stereocenters. The lowest BCUT2D eigenvalue weighted by Crippen LogP contribution is -2.44. The maximum Gasteiger partial charge on any atom is 0.253 e. The normalized spacial score (nSPS) is 23.2. The first-order valence-electron chi connectivity index (χ1n) is 6.68. The first-order valence-corrected chi connectivity index (χ1v) is 7.97. The highest BCUT2D eigenvalue weighted by atomic mass is 79.9. The predicted octanol–water partition coefficient (Wildman–Crippen LogP) is 4.43. The summed E-state index contributed by atoms with van der Waals surface area (Å²) in [6, 6.07) is 5.80. The molecular weight excluding hydrogens is 326 g/mol. The van der Waals surface area contributed by atoms with Crippen LogP contribution in [0.1, 0.15) is 41.6 Å². The van der Waals surface area contributed by atoms with E-state index in [0.29, 0.717) is 15.4 Å². The minimum absolute atomic E-state index is 0.0539. The smallest absolute Gasteiger partial charge is 0.253 e. The second kappa shape index (κ2) is 6.27. The lowest BCUT2D eigenvalue weighted by molar-refractivity contribution is 0.0705. The molecule has 0 bridgehead atoms. The summed E-state index contributed by atoms with van der Waals surface area (Å²) >= 11 is 9.80. The van der Waals surface area contributed by atoms with Crippen molar-refractivity contribution in [2.45, 2.75) is 43.5 Å². The molecule has 19 heavy (non-hydrogen) atoms. The molecule has 1 aromatic rings. The Kier molecular flexibility index (Phi) is 4.91. The third-order valence-corrected chi connectivity index (χ3v) is 5.36. The van der Waals surface area contributed by atoms with Crippen LogP contribution in [0.25, 0.3) is 0 Å². The van der Waals surface area contributed by atoms with Crippen molar-refractivity contribution in [3.63, 3.8) is 0 Å². The van der Waals surface area contributed by atoms with E-state index >= 15 is 0 Å². The summed E-state index contributed by atoms with van der Waals surface area (Å²) in [5, 5.41) is 0.651. The first kappa shape index (κ1) is 14.9. The van der Waals surface area contributed by atoms with Gasteiger partial charge < -0.3 is 4.90 Å². The summed E-state index contributed by atoms with van der Waals surface area (Å²) in [6.45, 7) is 1.94. The molecule has 0 aromatic heterocycles. The van der Waals surface area contributed by atoms with Gasteiger partial charge >= 0.3 is 0 Å². The Morgan fingerprint density at radius 2 is 2.05 bits per heavy atom. The highest BCUT2D eigenvalue weighted by Crippen LogP contribution is 2.29. The molecule has 0 aliphatic heterocycles. The largest absolute Gasteiger partial charge is 0.338 e. The van der Waals surface area contributed by atoms with Crippen molar-refractivity contribution in [1.29, 1.82) is 0 Å². The fourth-order valence-electron chi connectivity index (χ4n) is 2.58. The minimum Gasteiger partial charge on any atom is -0.338 e. The highest BCUT2D eigenvalue weighted by molar-refractivity contribution is 9.09. The molecule has 1 aromatic carbocycles. The van der Waals surface area contributed by atoms with Crippen molar-refractivity contribution in [2.24, 2.45) is 0 Å². The average molecular weight is 345 g/mol. The van der Waals surface area contributed by atoms with Gasteiger partial charge in [0.15, 0.2) is 0 Å². The van der Waals surface area contributed by atoms with Gasteiger partial charge in [-0.15, -0.1) is 0 Å². The van der Waals surface area contributed by atoms with Crippen molar-refractivity contribution in [1.82, 2.24) is 4.90 Å². The molecule has 1 aliphatic carbocycles. The highest BCUT2D eigenvalue weighted by Gasteiger charge is 2.29. The van der Waals surface area contributed by atoms with Crippen molar-refractivity contribution < 1.29 is 4.79 Å².